The molecule has 5 heteroatoms. The second kappa shape index (κ2) is 6.54. The van der Waals surface area contributed by atoms with Crippen LogP contribution in [0.1, 0.15) is 23.0 Å². The number of carbonyl (C=O) groups is 1. The Labute approximate surface area is 125 Å². The fraction of sp³-hybridized carbons (Fsp3) is 0.375. The summed E-state index contributed by atoms with van der Waals surface area (Å²) in [4.78, 5) is 18.7. The number of nitrogens with one attached hydrogen (secondary N) is 1. The molecule has 0 unspecified atom stereocenters. The molecule has 0 aliphatic heterocycles. The summed E-state index contributed by atoms with van der Waals surface area (Å²) < 4.78 is 5.31. The zero-order valence-corrected chi connectivity index (χ0v) is 12.9. The second-order valence-corrected chi connectivity index (χ2v) is 5.33. The van der Waals surface area contributed by atoms with Crippen LogP contribution in [0.2, 0.25) is 0 Å². The summed E-state index contributed by atoms with van der Waals surface area (Å²) >= 11 is 0. The zero-order chi connectivity index (χ0) is 15.4. The second-order valence-electron chi connectivity index (χ2n) is 5.33. The van der Waals surface area contributed by atoms with Crippen LogP contribution in [0.15, 0.2) is 34.9 Å². The van der Waals surface area contributed by atoms with E-state index in [9.17, 15) is 4.79 Å². The minimum Gasteiger partial charge on any atom is -0.463 e. The number of hydrogen-bond acceptors (Lipinski definition) is 4. The van der Waals surface area contributed by atoms with E-state index in [-0.39, 0.29) is 11.9 Å². The molecule has 0 saturated heterocycles. The van der Waals surface area contributed by atoms with Crippen molar-refractivity contribution in [2.24, 2.45) is 0 Å². The first-order valence-corrected chi connectivity index (χ1v) is 6.95. The van der Waals surface area contributed by atoms with Crippen molar-refractivity contribution in [3.05, 3.63) is 41.8 Å². The van der Waals surface area contributed by atoms with E-state index < -0.39 is 0 Å². The van der Waals surface area contributed by atoms with Crippen LogP contribution < -0.4 is 5.32 Å². The maximum Gasteiger partial charge on any atom is 0.253 e. The molecule has 2 aromatic rings. The van der Waals surface area contributed by atoms with E-state index in [1.165, 1.54) is 0 Å². The fourth-order valence-electron chi connectivity index (χ4n) is 1.88. The Morgan fingerprint density at radius 3 is 2.71 bits per heavy atom. The van der Waals surface area contributed by atoms with Crippen molar-refractivity contribution in [1.82, 2.24) is 15.2 Å². The van der Waals surface area contributed by atoms with Crippen molar-refractivity contribution >= 4 is 5.91 Å². The molecule has 21 heavy (non-hydrogen) atoms. The number of rotatable bonds is 5. The van der Waals surface area contributed by atoms with Crippen LogP contribution >= 0.6 is 0 Å². The maximum atomic E-state index is 12.2. The Morgan fingerprint density at radius 1 is 1.38 bits per heavy atom. The van der Waals surface area contributed by atoms with E-state index >= 15 is 0 Å². The summed E-state index contributed by atoms with van der Waals surface area (Å²) in [7, 11) is 3.98. The number of aromatic nitrogens is 1. The van der Waals surface area contributed by atoms with Gasteiger partial charge in [-0.1, -0.05) is 0 Å². The molecule has 1 N–H and O–H groups in total. The largest absolute Gasteiger partial charge is 0.463 e. The molecule has 112 valence electrons. The summed E-state index contributed by atoms with van der Waals surface area (Å²) in [6, 6.07) is 7.53. The molecule has 0 spiro atoms. The number of likely N-dealkylation sites (N-methyl/N-ethyl adjacent to an activating group) is 1. The molecule has 0 bridgehead atoms. The van der Waals surface area contributed by atoms with E-state index in [0.717, 1.165) is 5.69 Å². The Morgan fingerprint density at radius 2 is 2.14 bits per heavy atom. The molecule has 1 atom stereocenters. The van der Waals surface area contributed by atoms with Crippen molar-refractivity contribution in [1.29, 1.82) is 0 Å². The van der Waals surface area contributed by atoms with Gasteiger partial charge in [0, 0.05) is 12.6 Å². The summed E-state index contributed by atoms with van der Waals surface area (Å²) in [5.74, 6) is 0.603. The normalized spacial score (nSPS) is 12.4. The Bertz CT molecular complexity index is 606. The Hall–Kier alpha value is -2.14. The summed E-state index contributed by atoms with van der Waals surface area (Å²) in [5, 5.41) is 2.93. The minimum absolute atomic E-state index is 0.0975. The number of nitrogens with zero attached hydrogens (tertiary/aromatic N) is 2. The molecule has 0 aromatic carbocycles. The first-order valence-electron chi connectivity index (χ1n) is 6.95. The van der Waals surface area contributed by atoms with E-state index in [4.69, 9.17) is 4.42 Å². The Balaban J connectivity index is 2.08. The minimum atomic E-state index is -0.0975. The van der Waals surface area contributed by atoms with Gasteiger partial charge in [-0.15, -0.1) is 0 Å². The van der Waals surface area contributed by atoms with Gasteiger partial charge in [-0.05, 0) is 52.2 Å². The highest BCUT2D eigenvalue weighted by molar-refractivity contribution is 5.95. The smallest absolute Gasteiger partial charge is 0.253 e. The molecular formula is C16H21N3O2. The van der Waals surface area contributed by atoms with Crippen LogP contribution in [-0.4, -0.2) is 42.5 Å². The third-order valence-corrected chi connectivity index (χ3v) is 3.54. The summed E-state index contributed by atoms with van der Waals surface area (Å²) in [5.41, 5.74) is 2.02. The first kappa shape index (κ1) is 15.3. The molecule has 5 nitrogen and oxygen atoms in total. The van der Waals surface area contributed by atoms with Gasteiger partial charge in [-0.25, -0.2) is 4.98 Å². The van der Waals surface area contributed by atoms with Crippen molar-refractivity contribution in [2.45, 2.75) is 19.9 Å². The lowest BCUT2D eigenvalue weighted by Crippen LogP contribution is -2.38. The lowest BCUT2D eigenvalue weighted by Gasteiger charge is -2.20. The van der Waals surface area contributed by atoms with Gasteiger partial charge < -0.3 is 14.6 Å². The van der Waals surface area contributed by atoms with Crippen LogP contribution in [0.4, 0.5) is 0 Å². The van der Waals surface area contributed by atoms with Crippen LogP contribution in [0.5, 0.6) is 0 Å². The van der Waals surface area contributed by atoms with E-state index in [1.54, 1.807) is 18.4 Å². The van der Waals surface area contributed by atoms with Gasteiger partial charge in [0.2, 0.25) is 0 Å². The fourth-order valence-corrected chi connectivity index (χ4v) is 1.88. The number of furan rings is 1. The van der Waals surface area contributed by atoms with Gasteiger partial charge in [-0.3, -0.25) is 4.79 Å². The highest BCUT2D eigenvalue weighted by Crippen LogP contribution is 2.19. The highest BCUT2D eigenvalue weighted by Gasteiger charge is 2.13. The standard InChI is InChI=1S/C16H21N3O2/c1-11(19(3)4)10-17-16(20)13-7-8-14(18-12(13)2)15-6-5-9-21-15/h5-9,11H,10H2,1-4H3,(H,17,20)/t11-/m0/s1. The summed E-state index contributed by atoms with van der Waals surface area (Å²) in [6.07, 6.45) is 1.61. The van der Waals surface area contributed by atoms with Crippen molar-refractivity contribution < 1.29 is 9.21 Å². The van der Waals surface area contributed by atoms with Gasteiger partial charge in [0.05, 0.1) is 17.5 Å². The molecular weight excluding hydrogens is 266 g/mol. The van der Waals surface area contributed by atoms with Crippen molar-refractivity contribution in [3.8, 4) is 11.5 Å². The molecule has 2 heterocycles. The molecule has 0 aliphatic carbocycles. The van der Waals surface area contributed by atoms with Crippen molar-refractivity contribution in [3.63, 3.8) is 0 Å². The summed E-state index contributed by atoms with van der Waals surface area (Å²) in [6.45, 7) is 4.49. The lowest BCUT2D eigenvalue weighted by atomic mass is 10.1. The molecule has 0 saturated carbocycles. The van der Waals surface area contributed by atoms with Crippen molar-refractivity contribution in [2.75, 3.05) is 20.6 Å². The van der Waals surface area contributed by atoms with Gasteiger partial charge in [0.1, 0.15) is 5.69 Å². The third kappa shape index (κ3) is 3.70. The van der Waals surface area contributed by atoms with E-state index in [1.807, 2.05) is 33.2 Å². The Kier molecular flexibility index (Phi) is 4.75. The molecule has 0 aliphatic rings. The number of carbonyl (C=O) groups excluding carboxylic acids is 1. The van der Waals surface area contributed by atoms with E-state index in [2.05, 4.69) is 22.1 Å². The van der Waals surface area contributed by atoms with Crippen LogP contribution in [0, 0.1) is 6.92 Å². The van der Waals surface area contributed by atoms with Gasteiger partial charge in [0.15, 0.2) is 5.76 Å². The van der Waals surface area contributed by atoms with Gasteiger partial charge in [0.25, 0.3) is 5.91 Å². The first-order chi connectivity index (χ1) is 9.99. The highest BCUT2D eigenvalue weighted by atomic mass is 16.3. The number of pyridine rings is 1. The molecule has 2 rings (SSSR count). The zero-order valence-electron chi connectivity index (χ0n) is 12.9. The van der Waals surface area contributed by atoms with Gasteiger partial charge in [-0.2, -0.15) is 0 Å². The average molecular weight is 287 g/mol. The van der Waals surface area contributed by atoms with Crippen LogP contribution in [0.25, 0.3) is 11.5 Å². The van der Waals surface area contributed by atoms with Crippen LogP contribution in [0.3, 0.4) is 0 Å². The number of aryl methyl sites for hydroxylation is 1. The van der Waals surface area contributed by atoms with Crippen LogP contribution in [-0.2, 0) is 0 Å². The van der Waals surface area contributed by atoms with E-state index in [0.29, 0.717) is 23.6 Å². The third-order valence-electron chi connectivity index (χ3n) is 3.54. The number of hydrogen-bond donors (Lipinski definition) is 1. The predicted molar refractivity (Wildman–Crippen MR) is 82.2 cm³/mol. The maximum absolute atomic E-state index is 12.2. The number of amides is 1. The lowest BCUT2D eigenvalue weighted by molar-refractivity contribution is 0.0942. The SMILES string of the molecule is Cc1nc(-c2ccco2)ccc1C(=O)NC[C@H](C)N(C)C. The molecule has 0 fully saturated rings. The molecule has 2 aromatic heterocycles. The molecule has 1 amide bonds. The average Bonchev–Trinajstić information content (AvgIpc) is 2.98. The predicted octanol–water partition coefficient (Wildman–Crippen LogP) is 2.33. The molecule has 0 radical (unpaired) electrons. The topological polar surface area (TPSA) is 58.4 Å². The van der Waals surface area contributed by atoms with Gasteiger partial charge >= 0.3 is 0 Å². The monoisotopic (exact) mass is 287 g/mol. The quantitative estimate of drug-likeness (QED) is 0.917.